The monoisotopic (exact) mass is 329 g/mol. The lowest BCUT2D eigenvalue weighted by atomic mass is 10.2. The fraction of sp³-hybridized carbons (Fsp3) is 0.125. The molecule has 0 unspecified atom stereocenters. The number of hydrogen-bond donors (Lipinski definition) is 1. The number of hydrogen-bond acceptors (Lipinski definition) is 6. The standard InChI is InChI=1S/C16H15N3O5/c1-23-13-6-7-14(15(9-13)24-2)16(20)18-17-10-11-4-3-5-12(8-11)19(21)22/h3-10H,1-2H3,(H,18,20)/b17-10-. The van der Waals surface area contributed by atoms with E-state index in [1.165, 1.54) is 38.6 Å². The normalized spacial score (nSPS) is 10.4. The van der Waals surface area contributed by atoms with Crippen molar-refractivity contribution in [2.75, 3.05) is 14.2 Å². The van der Waals surface area contributed by atoms with Crippen LogP contribution in [0.5, 0.6) is 11.5 Å². The third-order valence-corrected chi connectivity index (χ3v) is 3.11. The molecule has 0 fully saturated rings. The number of carbonyl (C=O) groups is 1. The van der Waals surface area contributed by atoms with Crippen LogP contribution in [0.2, 0.25) is 0 Å². The highest BCUT2D eigenvalue weighted by atomic mass is 16.6. The van der Waals surface area contributed by atoms with Crippen molar-refractivity contribution in [1.82, 2.24) is 5.43 Å². The zero-order valence-electron chi connectivity index (χ0n) is 13.1. The summed E-state index contributed by atoms with van der Waals surface area (Å²) in [6.45, 7) is 0. The van der Waals surface area contributed by atoms with Crippen LogP contribution in [0.25, 0.3) is 0 Å². The van der Waals surface area contributed by atoms with Gasteiger partial charge in [0.05, 0.1) is 30.9 Å². The van der Waals surface area contributed by atoms with Crippen LogP contribution in [0, 0.1) is 10.1 Å². The van der Waals surface area contributed by atoms with Gasteiger partial charge in [0.1, 0.15) is 11.5 Å². The molecule has 0 bridgehead atoms. The van der Waals surface area contributed by atoms with Gasteiger partial charge in [0.15, 0.2) is 0 Å². The van der Waals surface area contributed by atoms with Crippen molar-refractivity contribution in [3.8, 4) is 11.5 Å². The van der Waals surface area contributed by atoms with E-state index in [2.05, 4.69) is 10.5 Å². The molecule has 2 aromatic rings. The molecule has 1 amide bonds. The van der Waals surface area contributed by atoms with Gasteiger partial charge in [0.25, 0.3) is 11.6 Å². The molecular formula is C16H15N3O5. The predicted molar refractivity (Wildman–Crippen MR) is 87.7 cm³/mol. The summed E-state index contributed by atoms with van der Waals surface area (Å²) in [7, 11) is 2.95. The van der Waals surface area contributed by atoms with E-state index >= 15 is 0 Å². The van der Waals surface area contributed by atoms with Gasteiger partial charge in [0, 0.05) is 23.8 Å². The smallest absolute Gasteiger partial charge is 0.275 e. The van der Waals surface area contributed by atoms with Crippen molar-refractivity contribution < 1.29 is 19.2 Å². The number of methoxy groups -OCH3 is 2. The average Bonchev–Trinajstić information content (AvgIpc) is 2.61. The highest BCUT2D eigenvalue weighted by molar-refractivity contribution is 5.97. The molecule has 0 spiro atoms. The molecule has 0 saturated carbocycles. The first-order valence-electron chi connectivity index (χ1n) is 6.85. The molecule has 0 aliphatic rings. The number of nitro benzene ring substituents is 1. The van der Waals surface area contributed by atoms with Crippen molar-refractivity contribution in [2.45, 2.75) is 0 Å². The van der Waals surface area contributed by atoms with Gasteiger partial charge in [-0.3, -0.25) is 14.9 Å². The molecule has 8 heteroatoms. The number of nitrogens with zero attached hydrogens (tertiary/aromatic N) is 2. The van der Waals surface area contributed by atoms with E-state index in [9.17, 15) is 14.9 Å². The lowest BCUT2D eigenvalue weighted by Gasteiger charge is -2.08. The summed E-state index contributed by atoms with van der Waals surface area (Å²) in [5.74, 6) is 0.428. The first kappa shape index (κ1) is 16.9. The summed E-state index contributed by atoms with van der Waals surface area (Å²) < 4.78 is 10.2. The molecule has 0 heterocycles. The zero-order valence-corrected chi connectivity index (χ0v) is 13.1. The first-order chi connectivity index (χ1) is 11.5. The van der Waals surface area contributed by atoms with Gasteiger partial charge in [-0.25, -0.2) is 5.43 Å². The van der Waals surface area contributed by atoms with Crippen LogP contribution in [-0.2, 0) is 0 Å². The fourth-order valence-electron chi connectivity index (χ4n) is 1.93. The Morgan fingerprint density at radius 2 is 2.00 bits per heavy atom. The highest BCUT2D eigenvalue weighted by Crippen LogP contribution is 2.24. The molecule has 0 radical (unpaired) electrons. The number of carbonyl (C=O) groups excluding carboxylic acids is 1. The van der Waals surface area contributed by atoms with Gasteiger partial charge in [-0.1, -0.05) is 12.1 Å². The summed E-state index contributed by atoms with van der Waals surface area (Å²) in [5, 5.41) is 14.5. The van der Waals surface area contributed by atoms with Crippen LogP contribution in [-0.4, -0.2) is 31.3 Å². The van der Waals surface area contributed by atoms with Crippen LogP contribution in [0.1, 0.15) is 15.9 Å². The molecular weight excluding hydrogens is 314 g/mol. The van der Waals surface area contributed by atoms with E-state index in [1.807, 2.05) is 0 Å². The van der Waals surface area contributed by atoms with Gasteiger partial charge in [-0.15, -0.1) is 0 Å². The lowest BCUT2D eigenvalue weighted by Crippen LogP contribution is -2.18. The lowest BCUT2D eigenvalue weighted by molar-refractivity contribution is -0.384. The second-order valence-corrected chi connectivity index (χ2v) is 4.62. The molecule has 0 aliphatic carbocycles. The fourth-order valence-corrected chi connectivity index (χ4v) is 1.93. The molecule has 2 rings (SSSR count). The largest absolute Gasteiger partial charge is 0.497 e. The molecule has 2 aromatic carbocycles. The molecule has 0 aromatic heterocycles. The molecule has 0 aliphatic heterocycles. The summed E-state index contributed by atoms with van der Waals surface area (Å²) in [5.41, 5.74) is 3.07. The van der Waals surface area contributed by atoms with E-state index in [4.69, 9.17) is 9.47 Å². The van der Waals surface area contributed by atoms with Crippen molar-refractivity contribution in [3.05, 3.63) is 63.7 Å². The number of nitrogens with one attached hydrogen (secondary N) is 1. The second kappa shape index (κ2) is 7.73. The third kappa shape index (κ3) is 4.07. The van der Waals surface area contributed by atoms with Gasteiger partial charge in [-0.2, -0.15) is 5.10 Å². The van der Waals surface area contributed by atoms with Crippen LogP contribution >= 0.6 is 0 Å². The minimum absolute atomic E-state index is 0.0536. The van der Waals surface area contributed by atoms with E-state index in [0.717, 1.165) is 0 Å². The summed E-state index contributed by atoms with van der Waals surface area (Å²) in [4.78, 5) is 22.3. The number of benzene rings is 2. The highest BCUT2D eigenvalue weighted by Gasteiger charge is 2.12. The van der Waals surface area contributed by atoms with E-state index < -0.39 is 10.8 Å². The minimum Gasteiger partial charge on any atom is -0.497 e. The summed E-state index contributed by atoms with van der Waals surface area (Å²) in [6.07, 6.45) is 1.32. The van der Waals surface area contributed by atoms with E-state index in [1.54, 1.807) is 24.3 Å². The third-order valence-electron chi connectivity index (χ3n) is 3.11. The van der Waals surface area contributed by atoms with Crippen molar-refractivity contribution in [2.24, 2.45) is 5.10 Å². The molecule has 0 saturated heterocycles. The Bertz CT molecular complexity index is 789. The van der Waals surface area contributed by atoms with Crippen LogP contribution in [0.4, 0.5) is 5.69 Å². The Labute approximate surface area is 137 Å². The van der Waals surface area contributed by atoms with Gasteiger partial charge in [0.2, 0.25) is 0 Å². The molecule has 0 atom stereocenters. The van der Waals surface area contributed by atoms with E-state index in [0.29, 0.717) is 17.1 Å². The Hall–Kier alpha value is -3.42. The van der Waals surface area contributed by atoms with Gasteiger partial charge < -0.3 is 9.47 Å². The number of nitro groups is 1. The number of amides is 1. The second-order valence-electron chi connectivity index (χ2n) is 4.62. The maximum atomic E-state index is 12.1. The zero-order chi connectivity index (χ0) is 17.5. The minimum atomic E-state index is -0.502. The maximum absolute atomic E-state index is 12.1. The SMILES string of the molecule is COc1ccc(C(=O)N/N=C\c2cccc([N+](=O)[O-])c2)c(OC)c1. The Kier molecular flexibility index (Phi) is 5.45. The van der Waals surface area contributed by atoms with Gasteiger partial charge >= 0.3 is 0 Å². The van der Waals surface area contributed by atoms with Crippen LogP contribution in [0.3, 0.4) is 0 Å². The summed E-state index contributed by atoms with van der Waals surface area (Å²) >= 11 is 0. The number of ether oxygens (including phenoxy) is 2. The quantitative estimate of drug-likeness (QED) is 0.498. The van der Waals surface area contributed by atoms with Crippen molar-refractivity contribution in [1.29, 1.82) is 0 Å². The maximum Gasteiger partial charge on any atom is 0.275 e. The molecule has 8 nitrogen and oxygen atoms in total. The predicted octanol–water partition coefficient (Wildman–Crippen LogP) is 2.38. The van der Waals surface area contributed by atoms with E-state index in [-0.39, 0.29) is 11.3 Å². The van der Waals surface area contributed by atoms with Gasteiger partial charge in [-0.05, 0) is 12.1 Å². The molecule has 1 N–H and O–H groups in total. The Balaban J connectivity index is 2.10. The number of rotatable bonds is 6. The topological polar surface area (TPSA) is 103 Å². The number of hydrazone groups is 1. The first-order valence-corrected chi connectivity index (χ1v) is 6.85. The summed E-state index contributed by atoms with van der Waals surface area (Å²) in [6, 6.07) is 10.7. The Morgan fingerprint density at radius 3 is 2.67 bits per heavy atom. The van der Waals surface area contributed by atoms with Crippen molar-refractivity contribution in [3.63, 3.8) is 0 Å². The molecule has 24 heavy (non-hydrogen) atoms. The number of non-ortho nitro benzene ring substituents is 1. The van der Waals surface area contributed by atoms with Crippen molar-refractivity contribution >= 4 is 17.8 Å². The molecule has 124 valence electrons. The Morgan fingerprint density at radius 1 is 1.21 bits per heavy atom. The van der Waals surface area contributed by atoms with Crippen LogP contribution in [0.15, 0.2) is 47.6 Å². The average molecular weight is 329 g/mol. The van der Waals surface area contributed by atoms with Crippen LogP contribution < -0.4 is 14.9 Å².